The van der Waals surface area contributed by atoms with Crippen LogP contribution in [0.3, 0.4) is 0 Å². The highest BCUT2D eigenvalue weighted by molar-refractivity contribution is 7.85. The quantitative estimate of drug-likeness (QED) is 0.310. The van der Waals surface area contributed by atoms with Crippen LogP contribution in [0.2, 0.25) is 0 Å². The minimum Gasteiger partial charge on any atom is -0.457 e. The summed E-state index contributed by atoms with van der Waals surface area (Å²) < 4.78 is 44.1. The van der Waals surface area contributed by atoms with E-state index in [4.69, 9.17) is 4.74 Å². The fourth-order valence-electron chi connectivity index (χ4n) is 4.78. The predicted molar refractivity (Wildman–Crippen MR) is 153 cm³/mol. The minimum absolute atomic E-state index is 0.0344. The summed E-state index contributed by atoms with van der Waals surface area (Å²) in [7, 11) is -2.90. The lowest BCUT2D eigenvalue weighted by atomic mass is 10.1. The molecule has 208 valence electrons. The molecule has 2 atom stereocenters. The maximum Gasteiger partial charge on any atom is 0.322 e. The largest absolute Gasteiger partial charge is 0.457 e. The van der Waals surface area contributed by atoms with E-state index in [1.165, 1.54) is 24.6 Å². The van der Waals surface area contributed by atoms with Crippen molar-refractivity contribution in [2.24, 2.45) is 0 Å². The minimum atomic E-state index is -1.49. The molecule has 1 saturated carbocycles. The Bertz CT molecular complexity index is 1310. The highest BCUT2D eigenvalue weighted by Crippen LogP contribution is 2.29. The molecule has 7 nitrogen and oxygen atoms in total. The first kappa shape index (κ1) is 28.9. The number of nitrogens with zero attached hydrogens (tertiary/aromatic N) is 2. The first-order valence-corrected chi connectivity index (χ1v) is 16.1. The van der Waals surface area contributed by atoms with Crippen LogP contribution < -0.4 is 10.1 Å². The molecule has 3 aromatic rings. The van der Waals surface area contributed by atoms with E-state index < -0.39 is 21.6 Å². The van der Waals surface area contributed by atoms with Crippen LogP contribution in [0.5, 0.6) is 11.5 Å². The van der Waals surface area contributed by atoms with Crippen molar-refractivity contribution in [3.05, 3.63) is 71.7 Å². The summed E-state index contributed by atoms with van der Waals surface area (Å²) in [6, 6.07) is 14.6. The molecule has 0 bridgehead atoms. The smallest absolute Gasteiger partial charge is 0.322 e. The summed E-state index contributed by atoms with van der Waals surface area (Å²) in [6.07, 6.45) is 9.18. The lowest BCUT2D eigenvalue weighted by Crippen LogP contribution is -2.42. The van der Waals surface area contributed by atoms with Crippen LogP contribution >= 0.6 is 0 Å². The fourth-order valence-corrected chi connectivity index (χ4v) is 6.34. The Kier molecular flexibility index (Phi) is 9.85. The number of hydrogen-bond donors (Lipinski definition) is 1. The molecule has 0 saturated heterocycles. The molecule has 1 aliphatic carbocycles. The predicted octanol–water partition coefficient (Wildman–Crippen LogP) is 6.55. The number of carbonyl (C=O) groups is 1. The average molecular weight is 572 g/mol. The number of carbonyl (C=O) groups excluding carboxylic acids is 1. The normalized spacial score (nSPS) is 15.7. The molecule has 39 heavy (non-hydrogen) atoms. The SMILES string of the molecule is Cc1cc(S(C)=O)c(NC(=O)N(Cc2ccc(Oc3ccc(F)cc3)cc2)C2CCCCCC2)c(S(C)=O)n1. The number of halogens is 1. The zero-order valence-corrected chi connectivity index (χ0v) is 24.1. The number of hydrogen-bond acceptors (Lipinski definition) is 5. The molecule has 1 aromatic heterocycles. The molecule has 0 aliphatic heterocycles. The van der Waals surface area contributed by atoms with Gasteiger partial charge in [-0.25, -0.2) is 14.2 Å². The Morgan fingerprint density at radius 3 is 2.13 bits per heavy atom. The number of ether oxygens (including phenoxy) is 1. The highest BCUT2D eigenvalue weighted by Gasteiger charge is 2.27. The number of aromatic nitrogens is 1. The van der Waals surface area contributed by atoms with Gasteiger partial charge in [0, 0.05) is 30.8 Å². The molecule has 2 amide bonds. The van der Waals surface area contributed by atoms with Crippen LogP contribution in [-0.2, 0) is 28.1 Å². The number of urea groups is 1. The van der Waals surface area contributed by atoms with Gasteiger partial charge >= 0.3 is 6.03 Å². The van der Waals surface area contributed by atoms with Crippen molar-refractivity contribution in [1.29, 1.82) is 0 Å². The summed E-state index contributed by atoms with van der Waals surface area (Å²) in [4.78, 5) is 20.5. The fraction of sp³-hybridized carbons (Fsp3) is 0.379. The van der Waals surface area contributed by atoms with Crippen molar-refractivity contribution in [3.63, 3.8) is 0 Å². The van der Waals surface area contributed by atoms with Crippen LogP contribution in [0, 0.1) is 12.7 Å². The van der Waals surface area contributed by atoms with Crippen molar-refractivity contribution in [2.45, 2.75) is 68.0 Å². The maximum atomic E-state index is 13.8. The van der Waals surface area contributed by atoms with Crippen LogP contribution in [0.1, 0.15) is 49.8 Å². The molecule has 4 rings (SSSR count). The second kappa shape index (κ2) is 13.3. The van der Waals surface area contributed by atoms with Crippen molar-refractivity contribution >= 4 is 33.3 Å². The van der Waals surface area contributed by atoms with Crippen molar-refractivity contribution < 1.29 is 22.3 Å². The van der Waals surface area contributed by atoms with Crippen LogP contribution in [0.15, 0.2) is 64.5 Å². The second-order valence-electron chi connectivity index (χ2n) is 9.75. The van der Waals surface area contributed by atoms with Gasteiger partial charge in [0.05, 0.1) is 32.2 Å². The molecule has 1 heterocycles. The molecule has 10 heteroatoms. The molecule has 2 unspecified atom stereocenters. The Morgan fingerprint density at radius 2 is 1.56 bits per heavy atom. The van der Waals surface area contributed by atoms with Gasteiger partial charge in [-0.15, -0.1) is 0 Å². The lowest BCUT2D eigenvalue weighted by molar-refractivity contribution is 0.175. The van der Waals surface area contributed by atoms with Gasteiger partial charge in [-0.2, -0.15) is 0 Å². The van der Waals surface area contributed by atoms with Crippen molar-refractivity contribution in [1.82, 2.24) is 9.88 Å². The van der Waals surface area contributed by atoms with E-state index in [0.717, 1.165) is 44.1 Å². The third kappa shape index (κ3) is 7.73. The van der Waals surface area contributed by atoms with E-state index in [0.29, 0.717) is 28.6 Å². The zero-order chi connectivity index (χ0) is 27.9. The molecule has 1 N–H and O–H groups in total. The van der Waals surface area contributed by atoms with Gasteiger partial charge in [0.25, 0.3) is 0 Å². The van der Waals surface area contributed by atoms with Gasteiger partial charge in [0.15, 0.2) is 5.03 Å². The summed E-state index contributed by atoms with van der Waals surface area (Å²) in [5, 5.41) is 3.16. The average Bonchev–Trinajstić information content (AvgIpc) is 3.19. The van der Waals surface area contributed by atoms with Gasteiger partial charge in [-0.3, -0.25) is 8.42 Å². The third-order valence-corrected chi connectivity index (χ3v) is 8.53. The monoisotopic (exact) mass is 571 g/mol. The van der Waals surface area contributed by atoms with E-state index in [-0.39, 0.29) is 28.6 Å². The highest BCUT2D eigenvalue weighted by atomic mass is 32.2. The molecule has 0 spiro atoms. The van der Waals surface area contributed by atoms with Crippen LogP contribution in [0.25, 0.3) is 0 Å². The Labute approximate surface area is 234 Å². The standard InChI is InChI=1S/C29H34FN3O4S2/c1-20-18-26(38(2)35)27(28(31-20)39(3)36)32-29(34)33(23-8-6-4-5-7-9-23)19-21-10-14-24(15-11-21)37-25-16-12-22(30)13-17-25/h10-18,23H,4-9,19H2,1-3H3,(H,32,34). The summed E-state index contributed by atoms with van der Waals surface area (Å²) in [5.74, 6) is 0.806. The molecular formula is C29H34FN3O4S2. The number of nitrogens with one attached hydrogen (secondary N) is 1. The summed E-state index contributed by atoms with van der Waals surface area (Å²) in [6.45, 7) is 2.11. The maximum absolute atomic E-state index is 13.8. The Balaban J connectivity index is 1.59. The number of amides is 2. The zero-order valence-electron chi connectivity index (χ0n) is 22.4. The topological polar surface area (TPSA) is 88.6 Å². The first-order valence-electron chi connectivity index (χ1n) is 13.0. The number of aryl methyl sites for hydroxylation is 1. The van der Waals surface area contributed by atoms with Crippen molar-refractivity contribution in [2.75, 3.05) is 17.8 Å². The van der Waals surface area contributed by atoms with Crippen LogP contribution in [-0.4, -0.2) is 42.9 Å². The summed E-state index contributed by atoms with van der Waals surface area (Å²) >= 11 is 0. The van der Waals surface area contributed by atoms with E-state index >= 15 is 0 Å². The van der Waals surface area contributed by atoms with E-state index in [1.54, 1.807) is 25.1 Å². The molecular weight excluding hydrogens is 537 g/mol. The Morgan fingerprint density at radius 1 is 0.974 bits per heavy atom. The van der Waals surface area contributed by atoms with Gasteiger partial charge in [-0.05, 0) is 67.8 Å². The second-order valence-corrected chi connectivity index (χ2v) is 12.4. The Hall–Kier alpha value is -3.11. The number of anilines is 1. The van der Waals surface area contributed by atoms with Crippen molar-refractivity contribution in [3.8, 4) is 11.5 Å². The van der Waals surface area contributed by atoms with Gasteiger partial charge in [0.1, 0.15) is 17.3 Å². The third-order valence-electron chi connectivity index (χ3n) is 6.74. The number of benzene rings is 2. The van der Waals surface area contributed by atoms with E-state index in [9.17, 15) is 17.6 Å². The molecule has 1 aliphatic rings. The van der Waals surface area contributed by atoms with Crippen LogP contribution in [0.4, 0.5) is 14.9 Å². The lowest BCUT2D eigenvalue weighted by Gasteiger charge is -2.32. The van der Waals surface area contributed by atoms with E-state index in [2.05, 4.69) is 10.3 Å². The number of rotatable bonds is 8. The van der Waals surface area contributed by atoms with E-state index in [1.807, 2.05) is 29.2 Å². The molecule has 1 fully saturated rings. The van der Waals surface area contributed by atoms with Gasteiger partial charge in [-0.1, -0.05) is 37.8 Å². The summed E-state index contributed by atoms with van der Waals surface area (Å²) in [5.41, 5.74) is 1.77. The van der Waals surface area contributed by atoms with Gasteiger partial charge in [0.2, 0.25) is 0 Å². The van der Waals surface area contributed by atoms with Gasteiger partial charge < -0.3 is 15.0 Å². The molecule has 2 aromatic carbocycles. The number of pyridine rings is 1. The molecule has 0 radical (unpaired) electrons. The first-order chi connectivity index (χ1) is 18.7.